The summed E-state index contributed by atoms with van der Waals surface area (Å²) in [7, 11) is -3.28. The third-order valence-electron chi connectivity index (χ3n) is 5.49. The molecule has 0 spiro atoms. The van der Waals surface area contributed by atoms with Crippen LogP contribution in [0, 0.1) is 12.8 Å². The van der Waals surface area contributed by atoms with Crippen molar-refractivity contribution in [2.75, 3.05) is 26.4 Å². The summed E-state index contributed by atoms with van der Waals surface area (Å²) in [5.74, 6) is 1.69. The molecule has 4 heterocycles. The third-order valence-corrected chi connectivity index (χ3v) is 8.60. The Morgan fingerprint density at radius 2 is 2.04 bits per heavy atom. The Bertz CT molecular complexity index is 975. The summed E-state index contributed by atoms with van der Waals surface area (Å²) in [6.07, 6.45) is 0. The van der Waals surface area contributed by atoms with Crippen molar-refractivity contribution >= 4 is 21.4 Å². The van der Waals surface area contributed by atoms with Crippen molar-refractivity contribution in [3.63, 3.8) is 0 Å². The van der Waals surface area contributed by atoms with Crippen molar-refractivity contribution in [3.05, 3.63) is 39.8 Å². The van der Waals surface area contributed by atoms with Gasteiger partial charge in [0.25, 0.3) is 0 Å². The van der Waals surface area contributed by atoms with Crippen LogP contribution in [0.5, 0.6) is 11.5 Å². The molecule has 7 nitrogen and oxygen atoms in total. The monoisotopic (exact) mass is 407 g/mol. The smallest absolute Gasteiger partial charge is 0.231 e. The van der Waals surface area contributed by atoms with Crippen LogP contribution in [0.4, 0.5) is 0 Å². The quantitative estimate of drug-likeness (QED) is 0.770. The molecule has 2 atom stereocenters. The van der Waals surface area contributed by atoms with Crippen LogP contribution in [0.15, 0.2) is 23.6 Å². The highest BCUT2D eigenvalue weighted by molar-refractivity contribution is 7.90. The van der Waals surface area contributed by atoms with Crippen LogP contribution in [0.25, 0.3) is 0 Å². The van der Waals surface area contributed by atoms with Crippen molar-refractivity contribution in [2.45, 2.75) is 25.3 Å². The predicted molar refractivity (Wildman–Crippen MR) is 101 cm³/mol. The molecule has 5 rings (SSSR count). The van der Waals surface area contributed by atoms with E-state index in [1.54, 1.807) is 15.6 Å². The predicted octanol–water partition coefficient (Wildman–Crippen LogP) is 1.83. The summed E-state index contributed by atoms with van der Waals surface area (Å²) in [5, 5.41) is 2.60. The lowest BCUT2D eigenvalue weighted by atomic mass is 10.1. The second-order valence-corrected chi connectivity index (χ2v) is 10.6. The van der Waals surface area contributed by atoms with Gasteiger partial charge in [-0.15, -0.1) is 11.3 Å². The fourth-order valence-electron chi connectivity index (χ4n) is 4.24. The zero-order chi connectivity index (χ0) is 18.6. The molecule has 3 aliphatic heterocycles. The minimum atomic E-state index is -3.28. The molecule has 3 aliphatic rings. The highest BCUT2D eigenvalue weighted by Crippen LogP contribution is 2.37. The van der Waals surface area contributed by atoms with E-state index in [1.807, 2.05) is 30.5 Å². The minimum Gasteiger partial charge on any atom is -0.454 e. The minimum absolute atomic E-state index is 0.156. The van der Waals surface area contributed by atoms with Crippen LogP contribution >= 0.6 is 11.3 Å². The van der Waals surface area contributed by atoms with Crippen LogP contribution in [-0.2, 0) is 23.1 Å². The first-order chi connectivity index (χ1) is 13.0. The number of sulfonamides is 1. The van der Waals surface area contributed by atoms with Crippen molar-refractivity contribution < 1.29 is 17.9 Å². The Balaban J connectivity index is 1.26. The van der Waals surface area contributed by atoms with Crippen LogP contribution < -0.4 is 9.47 Å². The molecule has 0 saturated carbocycles. The molecular formula is C18H21N3O4S2. The summed E-state index contributed by atoms with van der Waals surface area (Å²) in [6.45, 7) is 5.28. The number of thiazole rings is 1. The molecule has 0 bridgehead atoms. The standard InChI is InChI=1S/C18H21N3O4S2/c1-12-19-15(10-26-12)8-21-7-14-6-20(9-18(14)27(21,22)23)5-13-2-3-16-17(4-13)25-11-24-16/h2-4,10,14,18H,5-9,11H2,1H3/t14-,18+/m1/s1. The first-order valence-corrected chi connectivity index (χ1v) is 11.4. The van der Waals surface area contributed by atoms with Gasteiger partial charge in [-0.3, -0.25) is 4.90 Å². The lowest BCUT2D eigenvalue weighted by Gasteiger charge is -2.21. The zero-order valence-corrected chi connectivity index (χ0v) is 16.6. The van der Waals surface area contributed by atoms with Crippen molar-refractivity contribution in [1.82, 2.24) is 14.2 Å². The van der Waals surface area contributed by atoms with Crippen LogP contribution in [-0.4, -0.2) is 54.3 Å². The fourth-order valence-corrected chi connectivity index (χ4v) is 7.00. The second kappa shape index (κ2) is 6.44. The number of rotatable bonds is 4. The molecule has 2 fully saturated rings. The Morgan fingerprint density at radius 3 is 2.81 bits per heavy atom. The van der Waals surface area contributed by atoms with E-state index in [1.165, 1.54) is 0 Å². The molecule has 0 N–H and O–H groups in total. The van der Waals surface area contributed by atoms with Crippen molar-refractivity contribution in [2.24, 2.45) is 5.92 Å². The van der Waals surface area contributed by atoms with Gasteiger partial charge in [0.1, 0.15) is 0 Å². The van der Waals surface area contributed by atoms with Gasteiger partial charge in [0.2, 0.25) is 16.8 Å². The van der Waals surface area contributed by atoms with E-state index >= 15 is 0 Å². The number of ether oxygens (including phenoxy) is 2. The highest BCUT2D eigenvalue weighted by atomic mass is 32.2. The third kappa shape index (κ3) is 3.12. The van der Waals surface area contributed by atoms with Gasteiger partial charge in [0.15, 0.2) is 11.5 Å². The molecule has 0 aliphatic carbocycles. The number of hydrogen-bond donors (Lipinski definition) is 0. The molecule has 1 aromatic heterocycles. The fraction of sp³-hybridized carbons (Fsp3) is 0.500. The average Bonchev–Trinajstić information content (AvgIpc) is 3.37. The molecule has 0 amide bonds. The molecule has 0 radical (unpaired) electrons. The molecule has 9 heteroatoms. The van der Waals surface area contributed by atoms with E-state index in [-0.39, 0.29) is 18.0 Å². The Kier molecular flexibility index (Phi) is 4.15. The number of nitrogens with zero attached hydrogens (tertiary/aromatic N) is 3. The summed E-state index contributed by atoms with van der Waals surface area (Å²) in [6, 6.07) is 5.93. The number of benzene rings is 1. The van der Waals surface area contributed by atoms with Gasteiger partial charge in [-0.05, 0) is 24.6 Å². The Hall–Kier alpha value is -1.68. The zero-order valence-electron chi connectivity index (χ0n) is 15.0. The van der Waals surface area contributed by atoms with Gasteiger partial charge in [-0.25, -0.2) is 13.4 Å². The molecule has 1 aromatic carbocycles. The van der Waals surface area contributed by atoms with Gasteiger partial charge in [0.05, 0.1) is 22.5 Å². The number of hydrogen-bond acceptors (Lipinski definition) is 7. The molecule has 0 unspecified atom stereocenters. The summed E-state index contributed by atoms with van der Waals surface area (Å²) >= 11 is 1.56. The average molecular weight is 408 g/mol. The van der Waals surface area contributed by atoms with Crippen LogP contribution in [0.2, 0.25) is 0 Å². The first kappa shape index (κ1) is 17.4. The van der Waals surface area contributed by atoms with Gasteiger partial charge < -0.3 is 9.47 Å². The summed E-state index contributed by atoms with van der Waals surface area (Å²) in [4.78, 5) is 6.64. The van der Waals surface area contributed by atoms with E-state index in [0.717, 1.165) is 40.9 Å². The maximum atomic E-state index is 13.0. The molecule has 2 saturated heterocycles. The maximum absolute atomic E-state index is 13.0. The van der Waals surface area contributed by atoms with E-state index in [0.29, 0.717) is 19.6 Å². The van der Waals surface area contributed by atoms with Gasteiger partial charge >= 0.3 is 0 Å². The van der Waals surface area contributed by atoms with E-state index in [9.17, 15) is 8.42 Å². The largest absolute Gasteiger partial charge is 0.454 e. The van der Waals surface area contributed by atoms with Crippen molar-refractivity contribution in [3.8, 4) is 11.5 Å². The number of likely N-dealkylation sites (tertiary alicyclic amines) is 1. The van der Waals surface area contributed by atoms with Crippen LogP contribution in [0.3, 0.4) is 0 Å². The molecule has 2 aromatic rings. The first-order valence-electron chi connectivity index (χ1n) is 9.00. The lowest BCUT2D eigenvalue weighted by Crippen LogP contribution is -2.34. The molecule has 144 valence electrons. The van der Waals surface area contributed by atoms with Crippen LogP contribution in [0.1, 0.15) is 16.3 Å². The number of aromatic nitrogens is 1. The lowest BCUT2D eigenvalue weighted by molar-refractivity contribution is 0.174. The van der Waals surface area contributed by atoms with Gasteiger partial charge in [-0.1, -0.05) is 6.07 Å². The number of fused-ring (bicyclic) bond motifs is 2. The van der Waals surface area contributed by atoms with E-state index < -0.39 is 10.0 Å². The van der Waals surface area contributed by atoms with Gasteiger partial charge in [0, 0.05) is 37.5 Å². The second-order valence-electron chi connectivity index (χ2n) is 7.38. The van der Waals surface area contributed by atoms with Crippen molar-refractivity contribution in [1.29, 1.82) is 0 Å². The topological polar surface area (TPSA) is 72.0 Å². The summed E-state index contributed by atoms with van der Waals surface area (Å²) < 4.78 is 38.4. The number of aryl methyl sites for hydroxylation is 1. The Morgan fingerprint density at radius 1 is 1.19 bits per heavy atom. The molecule has 27 heavy (non-hydrogen) atoms. The molecular weight excluding hydrogens is 386 g/mol. The van der Waals surface area contributed by atoms with E-state index in [2.05, 4.69) is 9.88 Å². The maximum Gasteiger partial charge on any atom is 0.231 e. The Labute approximate surface area is 162 Å². The normalized spacial score (nSPS) is 26.6. The van der Waals surface area contributed by atoms with Gasteiger partial charge in [-0.2, -0.15) is 4.31 Å². The van der Waals surface area contributed by atoms with E-state index in [4.69, 9.17) is 9.47 Å². The highest BCUT2D eigenvalue weighted by Gasteiger charge is 2.50. The SMILES string of the molecule is Cc1nc(CN2C[C@H]3CN(Cc4ccc5c(c4)OCO5)C[C@@H]3S2(=O)=O)cs1. The summed E-state index contributed by atoms with van der Waals surface area (Å²) in [5.41, 5.74) is 1.96.